The molecule has 4 aromatic carbocycles. The number of aromatic nitrogens is 2. The van der Waals surface area contributed by atoms with Gasteiger partial charge in [-0.25, -0.2) is 4.98 Å². The van der Waals surface area contributed by atoms with Gasteiger partial charge in [0.1, 0.15) is 23.1 Å². The Morgan fingerprint density at radius 3 is 1.89 bits per heavy atom. The fourth-order valence-electron chi connectivity index (χ4n) is 4.55. The SMILES string of the molecule is COc1cccc(-c2nc(-c3cc(C(C)(C)C)cc(-c4ccccc4)c3O)[nH]c2-c2cccc(OC)c2)c1. The molecule has 1 heterocycles. The van der Waals surface area contributed by atoms with Gasteiger partial charge in [-0.3, -0.25) is 0 Å². The molecule has 5 rings (SSSR count). The van der Waals surface area contributed by atoms with Gasteiger partial charge in [-0.15, -0.1) is 0 Å². The fraction of sp³-hybridized carbons (Fsp3) is 0.182. The van der Waals surface area contributed by atoms with Crippen LogP contribution in [0.2, 0.25) is 0 Å². The van der Waals surface area contributed by atoms with E-state index < -0.39 is 0 Å². The predicted octanol–water partition coefficient (Wildman–Crippen LogP) is 8.10. The second-order valence-corrected chi connectivity index (χ2v) is 10.3. The van der Waals surface area contributed by atoms with Crippen LogP contribution in [0, 0.1) is 0 Å². The van der Waals surface area contributed by atoms with Crippen LogP contribution in [-0.4, -0.2) is 29.3 Å². The number of phenols is 1. The zero-order chi connectivity index (χ0) is 26.9. The molecule has 0 aliphatic heterocycles. The maximum atomic E-state index is 11.6. The molecule has 0 atom stereocenters. The highest BCUT2D eigenvalue weighted by Gasteiger charge is 2.24. The van der Waals surface area contributed by atoms with Crippen LogP contribution in [0.4, 0.5) is 0 Å². The van der Waals surface area contributed by atoms with E-state index in [1.807, 2.05) is 84.9 Å². The van der Waals surface area contributed by atoms with Crippen molar-refractivity contribution in [2.45, 2.75) is 26.2 Å². The van der Waals surface area contributed by atoms with Crippen LogP contribution in [0.5, 0.6) is 17.2 Å². The molecule has 0 fully saturated rings. The van der Waals surface area contributed by atoms with Crippen molar-refractivity contribution in [1.82, 2.24) is 9.97 Å². The number of benzene rings is 4. The Bertz CT molecular complexity index is 1520. The molecule has 0 amide bonds. The van der Waals surface area contributed by atoms with E-state index in [2.05, 4.69) is 31.8 Å². The number of hydrogen-bond donors (Lipinski definition) is 2. The topological polar surface area (TPSA) is 67.4 Å². The van der Waals surface area contributed by atoms with Crippen LogP contribution in [-0.2, 0) is 5.41 Å². The largest absolute Gasteiger partial charge is 0.507 e. The Hall–Kier alpha value is -4.51. The number of aromatic hydroxyl groups is 1. The first-order valence-electron chi connectivity index (χ1n) is 12.6. The van der Waals surface area contributed by atoms with Gasteiger partial charge in [0.05, 0.1) is 31.2 Å². The summed E-state index contributed by atoms with van der Waals surface area (Å²) in [4.78, 5) is 8.60. The first-order chi connectivity index (χ1) is 18.3. The van der Waals surface area contributed by atoms with Gasteiger partial charge in [0.25, 0.3) is 0 Å². The van der Waals surface area contributed by atoms with Crippen molar-refractivity contribution >= 4 is 0 Å². The van der Waals surface area contributed by atoms with Crippen molar-refractivity contribution in [3.05, 3.63) is 96.6 Å². The summed E-state index contributed by atoms with van der Waals surface area (Å²) in [5, 5.41) is 11.6. The molecule has 0 unspecified atom stereocenters. The van der Waals surface area contributed by atoms with E-state index in [4.69, 9.17) is 14.5 Å². The summed E-state index contributed by atoms with van der Waals surface area (Å²) in [5.41, 5.74) is 6.75. The molecule has 5 aromatic rings. The van der Waals surface area contributed by atoms with E-state index in [1.165, 1.54) is 0 Å². The molecule has 2 N–H and O–H groups in total. The van der Waals surface area contributed by atoms with E-state index in [1.54, 1.807) is 14.2 Å². The second-order valence-electron chi connectivity index (χ2n) is 10.3. The third-order valence-electron chi connectivity index (χ3n) is 6.72. The minimum absolute atomic E-state index is 0.135. The van der Waals surface area contributed by atoms with Crippen LogP contribution in [0.15, 0.2) is 91.0 Å². The van der Waals surface area contributed by atoms with Crippen LogP contribution in [0.25, 0.3) is 45.0 Å². The van der Waals surface area contributed by atoms with Crippen LogP contribution < -0.4 is 9.47 Å². The van der Waals surface area contributed by atoms with Gasteiger partial charge in [-0.1, -0.05) is 75.4 Å². The minimum atomic E-state index is -0.135. The van der Waals surface area contributed by atoms with Gasteiger partial charge in [-0.05, 0) is 52.9 Å². The van der Waals surface area contributed by atoms with Crippen LogP contribution >= 0.6 is 0 Å². The normalized spacial score (nSPS) is 11.4. The van der Waals surface area contributed by atoms with E-state index >= 15 is 0 Å². The second kappa shape index (κ2) is 10.1. The number of phenolic OH excluding ortho intramolecular Hbond substituents is 1. The first-order valence-corrected chi connectivity index (χ1v) is 12.6. The van der Waals surface area contributed by atoms with E-state index in [-0.39, 0.29) is 11.2 Å². The molecule has 0 aliphatic rings. The van der Waals surface area contributed by atoms with Gasteiger partial charge in [0, 0.05) is 16.7 Å². The van der Waals surface area contributed by atoms with Crippen molar-refractivity contribution < 1.29 is 14.6 Å². The van der Waals surface area contributed by atoms with Crippen LogP contribution in [0.3, 0.4) is 0 Å². The number of nitrogens with zero attached hydrogens (tertiary/aromatic N) is 1. The van der Waals surface area contributed by atoms with Crippen molar-refractivity contribution in [3.63, 3.8) is 0 Å². The number of rotatable bonds is 6. The summed E-state index contributed by atoms with van der Waals surface area (Å²) in [6.07, 6.45) is 0. The Balaban J connectivity index is 1.77. The molecule has 0 radical (unpaired) electrons. The first kappa shape index (κ1) is 25.2. The number of hydrogen-bond acceptors (Lipinski definition) is 4. The fourth-order valence-corrected chi connectivity index (χ4v) is 4.55. The highest BCUT2D eigenvalue weighted by molar-refractivity contribution is 5.86. The van der Waals surface area contributed by atoms with Crippen molar-refractivity contribution in [3.8, 4) is 62.3 Å². The lowest BCUT2D eigenvalue weighted by Gasteiger charge is -2.22. The molecule has 0 bridgehead atoms. The maximum absolute atomic E-state index is 11.6. The number of nitrogens with one attached hydrogen (secondary N) is 1. The zero-order valence-electron chi connectivity index (χ0n) is 22.4. The smallest absolute Gasteiger partial charge is 0.142 e. The third kappa shape index (κ3) is 4.88. The molecule has 5 nitrogen and oxygen atoms in total. The van der Waals surface area contributed by atoms with Gasteiger partial charge >= 0.3 is 0 Å². The lowest BCUT2D eigenvalue weighted by molar-refractivity contribution is 0.415. The van der Waals surface area contributed by atoms with Crippen molar-refractivity contribution in [2.24, 2.45) is 0 Å². The molecule has 5 heteroatoms. The standard InChI is InChI=1S/C33H32N2O3/c1-33(2,3)24-19-27(21-11-7-6-8-12-21)31(36)28(20-24)32-34-29(22-13-9-15-25(17-22)37-4)30(35-32)23-14-10-16-26(18-23)38-5/h6-20,36H,1-5H3,(H,34,35). The molecule has 192 valence electrons. The summed E-state index contributed by atoms with van der Waals surface area (Å²) in [7, 11) is 3.31. The van der Waals surface area contributed by atoms with Gasteiger partial charge in [0.2, 0.25) is 0 Å². The highest BCUT2D eigenvalue weighted by atomic mass is 16.5. The van der Waals surface area contributed by atoms with Crippen molar-refractivity contribution in [1.29, 1.82) is 0 Å². The van der Waals surface area contributed by atoms with E-state index in [9.17, 15) is 5.11 Å². The van der Waals surface area contributed by atoms with E-state index in [0.29, 0.717) is 11.4 Å². The number of aromatic amines is 1. The molecular formula is C33H32N2O3. The molecule has 0 spiro atoms. The van der Waals surface area contributed by atoms with Gasteiger partial charge < -0.3 is 19.6 Å². The number of imidazole rings is 1. The summed E-state index contributed by atoms with van der Waals surface area (Å²) in [5.74, 6) is 2.26. The molecule has 0 saturated carbocycles. The average molecular weight is 505 g/mol. The Morgan fingerprint density at radius 2 is 1.26 bits per heavy atom. The Labute approximate surface area is 223 Å². The molecule has 0 aliphatic carbocycles. The quantitative estimate of drug-likeness (QED) is 0.245. The Kier molecular flexibility index (Phi) is 6.68. The van der Waals surface area contributed by atoms with E-state index in [0.717, 1.165) is 50.7 Å². The summed E-state index contributed by atoms with van der Waals surface area (Å²) in [6, 6.07) is 29.7. The monoisotopic (exact) mass is 504 g/mol. The van der Waals surface area contributed by atoms with Gasteiger partial charge in [0.15, 0.2) is 0 Å². The molecule has 1 aromatic heterocycles. The summed E-state index contributed by atoms with van der Waals surface area (Å²) >= 11 is 0. The summed E-state index contributed by atoms with van der Waals surface area (Å²) in [6.45, 7) is 6.51. The molecule has 0 saturated heterocycles. The average Bonchev–Trinajstić information content (AvgIpc) is 3.38. The lowest BCUT2D eigenvalue weighted by atomic mass is 9.83. The van der Waals surface area contributed by atoms with Crippen molar-refractivity contribution in [2.75, 3.05) is 14.2 Å². The van der Waals surface area contributed by atoms with Gasteiger partial charge in [-0.2, -0.15) is 0 Å². The summed E-state index contributed by atoms with van der Waals surface area (Å²) < 4.78 is 11.0. The number of H-pyrrole nitrogens is 1. The van der Waals surface area contributed by atoms with Crippen LogP contribution in [0.1, 0.15) is 26.3 Å². The molecular weight excluding hydrogens is 472 g/mol. The third-order valence-corrected chi connectivity index (χ3v) is 6.72. The number of methoxy groups -OCH3 is 2. The maximum Gasteiger partial charge on any atom is 0.142 e. The lowest BCUT2D eigenvalue weighted by Crippen LogP contribution is -2.11. The minimum Gasteiger partial charge on any atom is -0.507 e. The predicted molar refractivity (Wildman–Crippen MR) is 154 cm³/mol. The molecule has 38 heavy (non-hydrogen) atoms. The highest BCUT2D eigenvalue weighted by Crippen LogP contribution is 2.43. The Morgan fingerprint density at radius 1 is 0.684 bits per heavy atom. The number of ether oxygens (including phenoxy) is 2. The zero-order valence-corrected chi connectivity index (χ0v) is 22.4.